The molecule has 22 heavy (non-hydrogen) atoms. The number of likely N-dealkylation sites (tertiary alicyclic amines) is 1. The van der Waals surface area contributed by atoms with Crippen molar-refractivity contribution in [3.63, 3.8) is 0 Å². The smallest absolute Gasteiger partial charge is 0.0233 e. The summed E-state index contributed by atoms with van der Waals surface area (Å²) in [6.45, 7) is 3.67. The normalized spacial score (nSPS) is 19.2. The molecule has 1 atom stereocenters. The van der Waals surface area contributed by atoms with Crippen LogP contribution in [0.25, 0.3) is 0 Å². The molecule has 0 aliphatic carbocycles. The fraction of sp³-hybridized carbons (Fsp3) is 0.429. The molecular weight excluding hydrogens is 266 g/mol. The lowest BCUT2D eigenvalue weighted by Gasteiger charge is -2.32. The molecule has 1 nitrogen and oxygen atoms in total. The highest BCUT2D eigenvalue weighted by molar-refractivity contribution is 5.15. The Hall–Kier alpha value is -1.60. The highest BCUT2D eigenvalue weighted by atomic mass is 15.1. The highest BCUT2D eigenvalue weighted by Gasteiger charge is 2.19. The molecule has 0 N–H and O–H groups in total. The third-order valence-electron chi connectivity index (χ3n) is 4.77. The lowest BCUT2D eigenvalue weighted by atomic mass is 9.91. The summed E-state index contributed by atoms with van der Waals surface area (Å²) in [6.07, 6.45) is 6.72. The van der Waals surface area contributed by atoms with Gasteiger partial charge in [0.25, 0.3) is 0 Å². The summed E-state index contributed by atoms with van der Waals surface area (Å²) in [5, 5.41) is 0. The van der Waals surface area contributed by atoms with Gasteiger partial charge in [0.05, 0.1) is 0 Å². The zero-order valence-corrected chi connectivity index (χ0v) is 13.5. The Labute approximate surface area is 135 Å². The van der Waals surface area contributed by atoms with E-state index in [1.165, 1.54) is 56.3 Å². The Kier molecular flexibility index (Phi) is 5.66. The van der Waals surface area contributed by atoms with Gasteiger partial charge in [-0.05, 0) is 55.7 Å². The Balaban J connectivity index is 1.42. The molecule has 1 unspecified atom stereocenters. The molecule has 1 aliphatic heterocycles. The Morgan fingerprint density at radius 1 is 0.864 bits per heavy atom. The topological polar surface area (TPSA) is 3.24 Å². The number of piperidine rings is 1. The molecule has 1 saturated heterocycles. The van der Waals surface area contributed by atoms with Crippen molar-refractivity contribution in [3.05, 3.63) is 71.8 Å². The van der Waals surface area contributed by atoms with Crippen molar-refractivity contribution in [2.24, 2.45) is 5.92 Å². The van der Waals surface area contributed by atoms with Crippen LogP contribution in [0, 0.1) is 5.92 Å². The van der Waals surface area contributed by atoms with Gasteiger partial charge >= 0.3 is 0 Å². The van der Waals surface area contributed by atoms with E-state index in [1.807, 2.05) is 0 Å². The molecular formula is C21H27N. The third kappa shape index (κ3) is 4.71. The van der Waals surface area contributed by atoms with E-state index in [9.17, 15) is 0 Å². The minimum absolute atomic E-state index is 0.890. The average molecular weight is 293 g/mol. The van der Waals surface area contributed by atoms with Gasteiger partial charge in [0, 0.05) is 13.1 Å². The van der Waals surface area contributed by atoms with Gasteiger partial charge < -0.3 is 0 Å². The van der Waals surface area contributed by atoms with Crippen molar-refractivity contribution in [1.82, 2.24) is 4.90 Å². The van der Waals surface area contributed by atoms with Crippen LogP contribution in [0.1, 0.15) is 36.8 Å². The summed E-state index contributed by atoms with van der Waals surface area (Å²) in [6, 6.07) is 21.8. The van der Waals surface area contributed by atoms with Gasteiger partial charge in [0.2, 0.25) is 0 Å². The van der Waals surface area contributed by atoms with Crippen molar-refractivity contribution in [3.8, 4) is 0 Å². The predicted molar refractivity (Wildman–Crippen MR) is 93.8 cm³/mol. The quantitative estimate of drug-likeness (QED) is 0.730. The van der Waals surface area contributed by atoms with Crippen LogP contribution in [0.3, 0.4) is 0 Å². The molecule has 0 bridgehead atoms. The fourth-order valence-electron chi connectivity index (χ4n) is 3.61. The van der Waals surface area contributed by atoms with E-state index >= 15 is 0 Å². The Morgan fingerprint density at radius 2 is 1.55 bits per heavy atom. The molecule has 1 aliphatic rings. The van der Waals surface area contributed by atoms with Gasteiger partial charge in [-0.15, -0.1) is 0 Å². The van der Waals surface area contributed by atoms with Crippen molar-refractivity contribution in [1.29, 1.82) is 0 Å². The van der Waals surface area contributed by atoms with E-state index < -0.39 is 0 Å². The van der Waals surface area contributed by atoms with Gasteiger partial charge in [-0.1, -0.05) is 60.7 Å². The van der Waals surface area contributed by atoms with E-state index in [1.54, 1.807) is 0 Å². The maximum Gasteiger partial charge on any atom is 0.0233 e. The van der Waals surface area contributed by atoms with Crippen molar-refractivity contribution in [2.45, 2.75) is 38.6 Å². The van der Waals surface area contributed by atoms with Crippen LogP contribution in [0.2, 0.25) is 0 Å². The van der Waals surface area contributed by atoms with E-state index in [-0.39, 0.29) is 0 Å². The summed E-state index contributed by atoms with van der Waals surface area (Å²) in [7, 11) is 0. The molecule has 0 radical (unpaired) electrons. The van der Waals surface area contributed by atoms with Crippen LogP contribution in [0.5, 0.6) is 0 Å². The number of nitrogens with zero attached hydrogens (tertiary/aromatic N) is 1. The minimum Gasteiger partial charge on any atom is -0.299 e. The number of rotatable bonds is 6. The standard InChI is InChI=1S/C21H27N/c1-3-9-19(10-4-1)13-7-14-21-15-8-16-22(18-21)17-20-11-5-2-6-12-20/h1-6,9-12,21H,7-8,13-18H2. The molecule has 1 heteroatoms. The molecule has 2 aromatic rings. The van der Waals surface area contributed by atoms with Crippen LogP contribution >= 0.6 is 0 Å². The SMILES string of the molecule is c1ccc(CCCC2CCCN(Cc3ccccc3)C2)cc1. The van der Waals surface area contributed by atoms with E-state index in [0.29, 0.717) is 0 Å². The second-order valence-corrected chi connectivity index (χ2v) is 6.61. The van der Waals surface area contributed by atoms with Crippen LogP contribution in [0.15, 0.2) is 60.7 Å². The van der Waals surface area contributed by atoms with Gasteiger partial charge in [0.1, 0.15) is 0 Å². The molecule has 3 rings (SSSR count). The first-order chi connectivity index (χ1) is 10.9. The van der Waals surface area contributed by atoms with Crippen molar-refractivity contribution >= 4 is 0 Å². The number of hydrogen-bond acceptors (Lipinski definition) is 1. The molecule has 1 fully saturated rings. The van der Waals surface area contributed by atoms with E-state index in [4.69, 9.17) is 0 Å². The fourth-order valence-corrected chi connectivity index (χ4v) is 3.61. The molecule has 116 valence electrons. The molecule has 0 amide bonds. The average Bonchev–Trinajstić information content (AvgIpc) is 2.57. The van der Waals surface area contributed by atoms with Crippen LogP contribution in [-0.4, -0.2) is 18.0 Å². The maximum atomic E-state index is 2.64. The van der Waals surface area contributed by atoms with E-state index in [0.717, 1.165) is 12.5 Å². The number of hydrogen-bond donors (Lipinski definition) is 0. The number of benzene rings is 2. The summed E-state index contributed by atoms with van der Waals surface area (Å²) in [4.78, 5) is 2.64. The van der Waals surface area contributed by atoms with Crippen molar-refractivity contribution in [2.75, 3.05) is 13.1 Å². The monoisotopic (exact) mass is 293 g/mol. The second-order valence-electron chi connectivity index (χ2n) is 6.61. The van der Waals surface area contributed by atoms with Gasteiger partial charge in [-0.3, -0.25) is 4.90 Å². The van der Waals surface area contributed by atoms with Crippen molar-refractivity contribution < 1.29 is 0 Å². The summed E-state index contributed by atoms with van der Waals surface area (Å²) < 4.78 is 0. The maximum absolute atomic E-state index is 2.64. The Morgan fingerprint density at radius 3 is 2.27 bits per heavy atom. The Bertz CT molecular complexity index is 534. The van der Waals surface area contributed by atoms with Crippen LogP contribution < -0.4 is 0 Å². The first-order valence-corrected chi connectivity index (χ1v) is 8.70. The summed E-state index contributed by atoms with van der Waals surface area (Å²) >= 11 is 0. The lowest BCUT2D eigenvalue weighted by molar-refractivity contribution is 0.160. The zero-order chi connectivity index (χ0) is 15.0. The largest absolute Gasteiger partial charge is 0.299 e. The van der Waals surface area contributed by atoms with Crippen LogP contribution in [-0.2, 0) is 13.0 Å². The van der Waals surface area contributed by atoms with E-state index in [2.05, 4.69) is 65.6 Å². The molecule has 0 spiro atoms. The predicted octanol–water partition coefficient (Wildman–Crippen LogP) is 4.92. The van der Waals surface area contributed by atoms with Gasteiger partial charge in [-0.25, -0.2) is 0 Å². The van der Waals surface area contributed by atoms with Gasteiger partial charge in [-0.2, -0.15) is 0 Å². The molecule has 0 aromatic heterocycles. The zero-order valence-electron chi connectivity index (χ0n) is 13.5. The summed E-state index contributed by atoms with van der Waals surface area (Å²) in [5.74, 6) is 0.890. The second kappa shape index (κ2) is 8.14. The van der Waals surface area contributed by atoms with Gasteiger partial charge in [0.15, 0.2) is 0 Å². The number of aryl methyl sites for hydroxylation is 1. The molecule has 1 heterocycles. The van der Waals surface area contributed by atoms with Crippen LogP contribution in [0.4, 0.5) is 0 Å². The lowest BCUT2D eigenvalue weighted by Crippen LogP contribution is -2.34. The molecule has 2 aromatic carbocycles. The first kappa shape index (κ1) is 15.3. The molecule has 0 saturated carbocycles. The highest BCUT2D eigenvalue weighted by Crippen LogP contribution is 2.23. The first-order valence-electron chi connectivity index (χ1n) is 8.70. The summed E-state index contributed by atoms with van der Waals surface area (Å²) in [5.41, 5.74) is 2.94. The minimum atomic E-state index is 0.890. The third-order valence-corrected chi connectivity index (χ3v) is 4.77.